The summed E-state index contributed by atoms with van der Waals surface area (Å²) in [6, 6.07) is 23.4. The van der Waals surface area contributed by atoms with Crippen molar-refractivity contribution in [3.8, 4) is 11.5 Å². The van der Waals surface area contributed by atoms with Crippen LogP contribution in [0.2, 0.25) is 0 Å². The summed E-state index contributed by atoms with van der Waals surface area (Å²) >= 11 is 0. The predicted octanol–water partition coefficient (Wildman–Crippen LogP) is 5.28. The number of ketones is 1. The van der Waals surface area contributed by atoms with Crippen molar-refractivity contribution in [1.82, 2.24) is 9.80 Å². The number of likely N-dealkylation sites (tertiary alicyclic amines) is 1. The van der Waals surface area contributed by atoms with E-state index in [2.05, 4.69) is 13.8 Å². The number of hydrogen-bond acceptors (Lipinski definition) is 6. The number of benzene rings is 3. The molecule has 0 aromatic heterocycles. The van der Waals surface area contributed by atoms with Gasteiger partial charge in [0.1, 0.15) is 23.9 Å². The van der Waals surface area contributed by atoms with Crippen molar-refractivity contribution < 1.29 is 24.2 Å². The summed E-state index contributed by atoms with van der Waals surface area (Å²) in [7, 11) is 3.82. The Morgan fingerprint density at radius 3 is 2.13 bits per heavy atom. The van der Waals surface area contributed by atoms with Crippen molar-refractivity contribution in [3.63, 3.8) is 0 Å². The lowest BCUT2D eigenvalue weighted by atomic mass is 9.95. The number of ether oxygens (including phenoxy) is 2. The average molecular weight is 529 g/mol. The van der Waals surface area contributed by atoms with Crippen LogP contribution in [0.25, 0.3) is 5.76 Å². The summed E-state index contributed by atoms with van der Waals surface area (Å²) < 4.78 is 11.7. The van der Waals surface area contributed by atoms with Crippen LogP contribution in [0, 0.1) is 5.92 Å². The van der Waals surface area contributed by atoms with Crippen molar-refractivity contribution in [2.75, 3.05) is 33.8 Å². The first kappa shape index (κ1) is 27.9. The second kappa shape index (κ2) is 12.6. The van der Waals surface area contributed by atoms with Gasteiger partial charge in [0.2, 0.25) is 0 Å². The Morgan fingerprint density at radius 1 is 0.897 bits per heavy atom. The number of carbonyl (C=O) groups excluding carboxylic acids is 2. The molecule has 1 aliphatic rings. The molecule has 1 N–H and O–H groups in total. The van der Waals surface area contributed by atoms with E-state index < -0.39 is 17.7 Å². The number of aliphatic hydroxyl groups excluding tert-OH is 1. The maximum absolute atomic E-state index is 13.3. The summed E-state index contributed by atoms with van der Waals surface area (Å²) in [6.45, 7) is 6.05. The first-order valence-electron chi connectivity index (χ1n) is 13.2. The lowest BCUT2D eigenvalue weighted by molar-refractivity contribution is -0.140. The molecule has 7 heteroatoms. The van der Waals surface area contributed by atoms with E-state index in [4.69, 9.17) is 9.47 Å². The third-order valence-corrected chi connectivity index (χ3v) is 6.48. The quantitative estimate of drug-likeness (QED) is 0.207. The highest BCUT2D eigenvalue weighted by Crippen LogP contribution is 2.40. The molecule has 0 aliphatic carbocycles. The van der Waals surface area contributed by atoms with Crippen molar-refractivity contribution in [2.24, 2.45) is 5.92 Å². The molecule has 204 valence electrons. The van der Waals surface area contributed by atoms with Crippen LogP contribution in [0.4, 0.5) is 0 Å². The van der Waals surface area contributed by atoms with Crippen molar-refractivity contribution in [2.45, 2.75) is 26.5 Å². The van der Waals surface area contributed by atoms with E-state index in [0.717, 1.165) is 11.1 Å². The highest BCUT2D eigenvalue weighted by molar-refractivity contribution is 6.46. The fraction of sp³-hybridized carbons (Fsp3) is 0.312. The zero-order chi connectivity index (χ0) is 27.9. The van der Waals surface area contributed by atoms with Gasteiger partial charge in [0.15, 0.2) is 0 Å². The van der Waals surface area contributed by atoms with Crippen LogP contribution in [-0.2, 0) is 16.2 Å². The molecule has 4 rings (SSSR count). The Balaban J connectivity index is 1.64. The van der Waals surface area contributed by atoms with Crippen LogP contribution in [-0.4, -0.2) is 60.4 Å². The number of amides is 1. The van der Waals surface area contributed by atoms with Gasteiger partial charge in [-0.05, 0) is 67.5 Å². The van der Waals surface area contributed by atoms with Gasteiger partial charge in [-0.3, -0.25) is 9.59 Å². The zero-order valence-electron chi connectivity index (χ0n) is 23.0. The van der Waals surface area contributed by atoms with Crippen LogP contribution in [0.15, 0.2) is 84.4 Å². The monoisotopic (exact) mass is 528 g/mol. The van der Waals surface area contributed by atoms with Gasteiger partial charge in [0.05, 0.1) is 18.2 Å². The van der Waals surface area contributed by atoms with Crippen LogP contribution in [0.1, 0.15) is 36.6 Å². The van der Waals surface area contributed by atoms with Gasteiger partial charge in [0.25, 0.3) is 11.7 Å². The number of likely N-dealkylation sites (N-methyl/N-ethyl adjacent to an activating group) is 1. The van der Waals surface area contributed by atoms with E-state index in [-0.39, 0.29) is 11.3 Å². The maximum atomic E-state index is 13.3. The largest absolute Gasteiger partial charge is 0.507 e. The van der Waals surface area contributed by atoms with Crippen LogP contribution in [0.5, 0.6) is 11.5 Å². The van der Waals surface area contributed by atoms with E-state index in [9.17, 15) is 14.7 Å². The fourth-order valence-corrected chi connectivity index (χ4v) is 4.38. The number of Topliss-reactive ketones (excluding diaryl/α,β-unsaturated/α-hetero) is 1. The van der Waals surface area contributed by atoms with Gasteiger partial charge < -0.3 is 24.4 Å². The van der Waals surface area contributed by atoms with Gasteiger partial charge in [-0.15, -0.1) is 0 Å². The summed E-state index contributed by atoms with van der Waals surface area (Å²) in [6.07, 6.45) is 0. The Bertz CT molecular complexity index is 1300. The molecular weight excluding hydrogens is 492 g/mol. The third kappa shape index (κ3) is 6.86. The Hall–Kier alpha value is -4.10. The molecule has 3 aromatic carbocycles. The fourth-order valence-electron chi connectivity index (χ4n) is 4.38. The van der Waals surface area contributed by atoms with Gasteiger partial charge in [-0.1, -0.05) is 56.3 Å². The predicted molar refractivity (Wildman–Crippen MR) is 152 cm³/mol. The number of carbonyl (C=O) groups is 2. The molecule has 0 spiro atoms. The van der Waals surface area contributed by atoms with E-state index in [1.807, 2.05) is 73.6 Å². The zero-order valence-corrected chi connectivity index (χ0v) is 23.0. The summed E-state index contributed by atoms with van der Waals surface area (Å²) in [5.74, 6) is 0.210. The minimum atomic E-state index is -0.718. The molecule has 0 bridgehead atoms. The SMILES string of the molecule is CC(C)COc1ccc(/C(O)=C2/C(=O)C(=O)N(CCN(C)C)C2c2ccc(OCc3ccccc3)cc2)cc1. The van der Waals surface area contributed by atoms with E-state index in [1.165, 1.54) is 4.90 Å². The summed E-state index contributed by atoms with van der Waals surface area (Å²) in [4.78, 5) is 29.9. The van der Waals surface area contributed by atoms with E-state index in [0.29, 0.717) is 49.3 Å². The second-order valence-corrected chi connectivity index (χ2v) is 10.4. The van der Waals surface area contributed by atoms with Gasteiger partial charge in [0, 0.05) is 18.7 Å². The lowest BCUT2D eigenvalue weighted by Gasteiger charge is -2.26. The molecule has 39 heavy (non-hydrogen) atoms. The molecule has 1 heterocycles. The maximum Gasteiger partial charge on any atom is 0.295 e. The highest BCUT2D eigenvalue weighted by atomic mass is 16.5. The minimum absolute atomic E-state index is 0.0764. The minimum Gasteiger partial charge on any atom is -0.507 e. The van der Waals surface area contributed by atoms with Gasteiger partial charge in [-0.25, -0.2) is 0 Å². The van der Waals surface area contributed by atoms with Crippen LogP contribution >= 0.6 is 0 Å². The molecule has 0 radical (unpaired) electrons. The Kier molecular flexibility index (Phi) is 9.04. The van der Waals surface area contributed by atoms with E-state index >= 15 is 0 Å². The normalized spacial score (nSPS) is 16.8. The molecule has 1 fully saturated rings. The second-order valence-electron chi connectivity index (χ2n) is 10.4. The topological polar surface area (TPSA) is 79.3 Å². The van der Waals surface area contributed by atoms with Crippen LogP contribution < -0.4 is 9.47 Å². The van der Waals surface area contributed by atoms with Crippen molar-refractivity contribution in [1.29, 1.82) is 0 Å². The lowest BCUT2D eigenvalue weighted by Crippen LogP contribution is -2.35. The van der Waals surface area contributed by atoms with Crippen molar-refractivity contribution in [3.05, 3.63) is 101 Å². The molecule has 1 aliphatic heterocycles. The molecule has 1 unspecified atom stereocenters. The standard InChI is InChI=1S/C32H36N2O5/c1-22(2)20-38-26-16-12-25(13-17-26)30(35)28-29(34(19-18-33(3)4)32(37)31(28)36)24-10-14-27(15-11-24)39-21-23-8-6-5-7-9-23/h5-17,22,29,35H,18-21H2,1-4H3/b30-28-. The number of rotatable bonds is 11. The molecule has 7 nitrogen and oxygen atoms in total. The average Bonchev–Trinajstić information content (AvgIpc) is 3.19. The van der Waals surface area contributed by atoms with E-state index in [1.54, 1.807) is 24.3 Å². The molecule has 0 saturated carbocycles. The van der Waals surface area contributed by atoms with Gasteiger partial charge >= 0.3 is 0 Å². The van der Waals surface area contributed by atoms with Crippen molar-refractivity contribution >= 4 is 17.4 Å². The number of aliphatic hydroxyl groups is 1. The molecule has 3 aromatic rings. The Morgan fingerprint density at radius 2 is 1.51 bits per heavy atom. The number of nitrogens with zero attached hydrogens (tertiary/aromatic N) is 2. The number of hydrogen-bond donors (Lipinski definition) is 1. The highest BCUT2D eigenvalue weighted by Gasteiger charge is 2.45. The first-order chi connectivity index (χ1) is 18.7. The summed E-state index contributed by atoms with van der Waals surface area (Å²) in [5.41, 5.74) is 2.30. The Labute approximate surface area is 230 Å². The van der Waals surface area contributed by atoms with Gasteiger partial charge in [-0.2, -0.15) is 0 Å². The summed E-state index contributed by atoms with van der Waals surface area (Å²) in [5, 5.41) is 11.3. The molecule has 1 saturated heterocycles. The first-order valence-corrected chi connectivity index (χ1v) is 13.2. The molecule has 1 amide bonds. The van der Waals surface area contributed by atoms with Crippen LogP contribution in [0.3, 0.4) is 0 Å². The molecule has 1 atom stereocenters. The smallest absolute Gasteiger partial charge is 0.295 e. The molecular formula is C32H36N2O5. The third-order valence-electron chi connectivity index (χ3n) is 6.48.